The van der Waals surface area contributed by atoms with Crippen LogP contribution in [0.3, 0.4) is 0 Å². The highest BCUT2D eigenvalue weighted by atomic mass is 79.9. The summed E-state index contributed by atoms with van der Waals surface area (Å²) in [6.45, 7) is 1.19. The molecule has 0 atom stereocenters. The number of benzene rings is 1. The molecule has 0 fully saturated rings. The van der Waals surface area contributed by atoms with Crippen LogP contribution >= 0.6 is 15.9 Å². The fourth-order valence-electron chi connectivity index (χ4n) is 0.899. The Morgan fingerprint density at radius 1 is 1.43 bits per heavy atom. The van der Waals surface area contributed by atoms with Crippen LogP contribution in [-0.4, -0.2) is 11.8 Å². The molecule has 2 amide bonds. The summed E-state index contributed by atoms with van der Waals surface area (Å²) in [5, 5.41) is 1.99. The van der Waals surface area contributed by atoms with Crippen molar-refractivity contribution in [3.8, 4) is 0 Å². The summed E-state index contributed by atoms with van der Waals surface area (Å²) < 4.78 is 13.7. The Balaban J connectivity index is 3.00. The molecule has 0 radical (unpaired) electrons. The first kappa shape index (κ1) is 10.8. The van der Waals surface area contributed by atoms with Crippen LogP contribution < -0.4 is 5.32 Å². The lowest BCUT2D eigenvalue weighted by Gasteiger charge is -2.02. The Morgan fingerprint density at radius 3 is 2.64 bits per heavy atom. The van der Waals surface area contributed by atoms with Crippen molar-refractivity contribution in [2.24, 2.45) is 0 Å². The van der Waals surface area contributed by atoms with E-state index in [4.69, 9.17) is 0 Å². The van der Waals surface area contributed by atoms with E-state index >= 15 is 0 Å². The zero-order valence-corrected chi connectivity index (χ0v) is 8.89. The first-order chi connectivity index (χ1) is 6.50. The molecule has 0 aliphatic heterocycles. The molecule has 0 saturated carbocycles. The Hall–Kier alpha value is -1.23. The van der Waals surface area contributed by atoms with Gasteiger partial charge in [-0.2, -0.15) is 0 Å². The van der Waals surface area contributed by atoms with Gasteiger partial charge in [0.15, 0.2) is 0 Å². The molecule has 3 nitrogen and oxygen atoms in total. The normalized spacial score (nSPS) is 9.64. The van der Waals surface area contributed by atoms with Crippen LogP contribution in [0.1, 0.15) is 17.3 Å². The van der Waals surface area contributed by atoms with Crippen molar-refractivity contribution in [1.29, 1.82) is 0 Å². The molecule has 0 saturated heterocycles. The summed E-state index contributed by atoms with van der Waals surface area (Å²) in [6, 6.07) is 3.94. The van der Waals surface area contributed by atoms with Crippen LogP contribution in [0.2, 0.25) is 0 Å². The van der Waals surface area contributed by atoms with Gasteiger partial charge in [-0.3, -0.25) is 14.9 Å². The Morgan fingerprint density at radius 2 is 2.07 bits per heavy atom. The molecular formula is C9H7BrFNO2. The average Bonchev–Trinajstić information content (AvgIpc) is 2.08. The second-order valence-corrected chi connectivity index (χ2v) is 3.55. The number of imide groups is 1. The van der Waals surface area contributed by atoms with E-state index in [1.54, 1.807) is 0 Å². The van der Waals surface area contributed by atoms with Gasteiger partial charge in [-0.25, -0.2) is 4.39 Å². The number of hydrogen-bond donors (Lipinski definition) is 1. The Labute approximate surface area is 88.4 Å². The van der Waals surface area contributed by atoms with Gasteiger partial charge in [0.2, 0.25) is 5.91 Å². The lowest BCUT2D eigenvalue weighted by Crippen LogP contribution is -2.28. The smallest absolute Gasteiger partial charge is 0.260 e. The predicted octanol–water partition coefficient (Wildman–Crippen LogP) is 1.86. The number of nitrogens with one attached hydrogen (secondary N) is 1. The molecule has 1 rings (SSSR count). The van der Waals surface area contributed by atoms with E-state index < -0.39 is 17.6 Å². The molecule has 1 aromatic carbocycles. The van der Waals surface area contributed by atoms with Crippen LogP contribution in [0.5, 0.6) is 0 Å². The zero-order chi connectivity index (χ0) is 10.7. The molecule has 0 aliphatic rings. The number of amides is 2. The van der Waals surface area contributed by atoms with Crippen LogP contribution in [0.25, 0.3) is 0 Å². The maximum Gasteiger partial charge on any atom is 0.260 e. The average molecular weight is 260 g/mol. The molecule has 1 N–H and O–H groups in total. The molecule has 1 aromatic rings. The van der Waals surface area contributed by atoms with Crippen LogP contribution in [0.4, 0.5) is 4.39 Å². The van der Waals surface area contributed by atoms with Crippen molar-refractivity contribution in [2.45, 2.75) is 6.92 Å². The standard InChI is InChI=1S/C9H7BrFNO2/c1-5(13)12-9(14)7-4-6(10)2-3-8(7)11/h2-4H,1H3,(H,12,13,14). The van der Waals surface area contributed by atoms with E-state index in [-0.39, 0.29) is 5.56 Å². The zero-order valence-electron chi connectivity index (χ0n) is 7.30. The number of rotatable bonds is 1. The third kappa shape index (κ3) is 2.63. The van der Waals surface area contributed by atoms with Crippen LogP contribution in [0.15, 0.2) is 22.7 Å². The second-order valence-electron chi connectivity index (χ2n) is 2.63. The second kappa shape index (κ2) is 4.32. The number of carbonyl (C=O) groups excluding carboxylic acids is 2. The summed E-state index contributed by atoms with van der Waals surface area (Å²) in [7, 11) is 0. The molecule has 0 bridgehead atoms. The summed E-state index contributed by atoms with van der Waals surface area (Å²) >= 11 is 3.10. The first-order valence-electron chi connectivity index (χ1n) is 3.77. The monoisotopic (exact) mass is 259 g/mol. The third-order valence-electron chi connectivity index (χ3n) is 1.46. The largest absolute Gasteiger partial charge is 0.292 e. The Bertz CT molecular complexity index is 392. The summed E-state index contributed by atoms with van der Waals surface area (Å²) in [5.41, 5.74) is -0.158. The van der Waals surface area contributed by atoms with Gasteiger partial charge in [0.1, 0.15) is 5.82 Å². The minimum Gasteiger partial charge on any atom is -0.292 e. The maximum atomic E-state index is 13.1. The predicted molar refractivity (Wildman–Crippen MR) is 52.2 cm³/mol. The van der Waals surface area contributed by atoms with E-state index in [0.717, 1.165) is 6.07 Å². The van der Waals surface area contributed by atoms with Crippen molar-refractivity contribution < 1.29 is 14.0 Å². The van der Waals surface area contributed by atoms with Gasteiger partial charge < -0.3 is 0 Å². The topological polar surface area (TPSA) is 46.2 Å². The van der Waals surface area contributed by atoms with Gasteiger partial charge in [-0.1, -0.05) is 15.9 Å². The molecule has 0 heterocycles. The SMILES string of the molecule is CC(=O)NC(=O)c1cc(Br)ccc1F. The van der Waals surface area contributed by atoms with E-state index in [0.29, 0.717) is 4.47 Å². The summed E-state index contributed by atoms with van der Waals surface area (Å²) in [4.78, 5) is 21.8. The molecule has 0 aliphatic carbocycles. The molecule has 0 unspecified atom stereocenters. The fraction of sp³-hybridized carbons (Fsp3) is 0.111. The molecule has 14 heavy (non-hydrogen) atoms. The van der Waals surface area contributed by atoms with Crippen molar-refractivity contribution in [2.75, 3.05) is 0 Å². The summed E-state index contributed by atoms with van der Waals surface area (Å²) in [6.07, 6.45) is 0. The highest BCUT2D eigenvalue weighted by Crippen LogP contribution is 2.15. The lowest BCUT2D eigenvalue weighted by molar-refractivity contribution is -0.118. The van der Waals surface area contributed by atoms with E-state index in [2.05, 4.69) is 15.9 Å². The van der Waals surface area contributed by atoms with Crippen molar-refractivity contribution in [1.82, 2.24) is 5.32 Å². The molecule has 0 aromatic heterocycles. The Kier molecular flexibility index (Phi) is 3.35. The first-order valence-corrected chi connectivity index (χ1v) is 4.57. The molecule has 74 valence electrons. The number of hydrogen-bond acceptors (Lipinski definition) is 2. The fourth-order valence-corrected chi connectivity index (χ4v) is 1.26. The highest BCUT2D eigenvalue weighted by molar-refractivity contribution is 9.10. The maximum absolute atomic E-state index is 13.1. The van der Waals surface area contributed by atoms with Gasteiger partial charge in [-0.15, -0.1) is 0 Å². The lowest BCUT2D eigenvalue weighted by atomic mass is 10.2. The van der Waals surface area contributed by atoms with Gasteiger partial charge in [0.25, 0.3) is 5.91 Å². The third-order valence-corrected chi connectivity index (χ3v) is 1.96. The summed E-state index contributed by atoms with van der Waals surface area (Å²) in [5.74, 6) is -1.92. The molecule has 5 heteroatoms. The van der Waals surface area contributed by atoms with Crippen molar-refractivity contribution in [3.05, 3.63) is 34.1 Å². The number of halogens is 2. The van der Waals surface area contributed by atoms with Crippen LogP contribution in [0, 0.1) is 5.82 Å². The van der Waals surface area contributed by atoms with E-state index in [1.807, 2.05) is 5.32 Å². The van der Waals surface area contributed by atoms with Crippen molar-refractivity contribution in [3.63, 3.8) is 0 Å². The van der Waals surface area contributed by atoms with E-state index in [1.165, 1.54) is 19.1 Å². The van der Waals surface area contributed by atoms with Crippen molar-refractivity contribution >= 4 is 27.7 Å². The van der Waals surface area contributed by atoms with Gasteiger partial charge in [0.05, 0.1) is 5.56 Å². The van der Waals surface area contributed by atoms with Gasteiger partial charge in [-0.05, 0) is 18.2 Å². The molecule has 0 spiro atoms. The van der Waals surface area contributed by atoms with Gasteiger partial charge >= 0.3 is 0 Å². The minimum absolute atomic E-state index is 0.158. The highest BCUT2D eigenvalue weighted by Gasteiger charge is 2.12. The molecular weight excluding hydrogens is 253 g/mol. The quantitative estimate of drug-likeness (QED) is 0.837. The van der Waals surface area contributed by atoms with Gasteiger partial charge in [0, 0.05) is 11.4 Å². The number of carbonyl (C=O) groups is 2. The minimum atomic E-state index is -0.740. The van der Waals surface area contributed by atoms with E-state index in [9.17, 15) is 14.0 Å². The van der Waals surface area contributed by atoms with Crippen LogP contribution in [-0.2, 0) is 4.79 Å².